The van der Waals surface area contributed by atoms with Crippen LogP contribution in [0.2, 0.25) is 0 Å². The maximum Gasteiger partial charge on any atom is 0.160 e. The zero-order valence-electron chi connectivity index (χ0n) is 41.3. The van der Waals surface area contributed by atoms with Crippen LogP contribution in [0, 0.1) is 5.92 Å². The van der Waals surface area contributed by atoms with Gasteiger partial charge < -0.3 is 4.57 Å². The monoisotopic (exact) mass is 965 g/mol. The number of fused-ring (bicyclic) bond motifs is 18. The van der Waals surface area contributed by atoms with Crippen LogP contribution < -0.4 is 0 Å². The summed E-state index contributed by atoms with van der Waals surface area (Å²) in [5.74, 6) is 0.728. The Bertz CT molecular complexity index is 3990. The van der Waals surface area contributed by atoms with E-state index in [2.05, 4.69) is 249 Å². The number of hydrogen-bond donors (Lipinski definition) is 0. The molecule has 10 aromatic carbocycles. The number of para-hydroxylation sites is 2. The highest BCUT2D eigenvalue weighted by molar-refractivity contribution is 7.99. The fourth-order valence-electron chi connectivity index (χ4n) is 12.9. The first-order valence-corrected chi connectivity index (χ1v) is 26.6. The first-order valence-electron chi connectivity index (χ1n) is 25.8. The first kappa shape index (κ1) is 44.2. The molecule has 11 aromatic rings. The molecule has 74 heavy (non-hydrogen) atoms. The van der Waals surface area contributed by atoms with E-state index in [0.717, 1.165) is 34.5 Å². The number of amidine groups is 1. The van der Waals surface area contributed by atoms with Crippen molar-refractivity contribution >= 4 is 50.8 Å². The van der Waals surface area contributed by atoms with Crippen LogP contribution in [0.1, 0.15) is 81.5 Å². The summed E-state index contributed by atoms with van der Waals surface area (Å²) < 4.78 is 2.36. The van der Waals surface area contributed by atoms with Crippen molar-refractivity contribution in [3.05, 3.63) is 310 Å². The molecular formula is C70H51N3S. The molecule has 4 heteroatoms. The molecule has 2 heterocycles. The Morgan fingerprint density at radius 1 is 0.446 bits per heavy atom. The van der Waals surface area contributed by atoms with E-state index in [1.54, 1.807) is 0 Å². The van der Waals surface area contributed by atoms with Crippen LogP contribution >= 0.6 is 11.8 Å². The Morgan fingerprint density at radius 3 is 1.49 bits per heavy atom. The molecule has 0 amide bonds. The summed E-state index contributed by atoms with van der Waals surface area (Å²) >= 11 is 1.89. The van der Waals surface area contributed by atoms with E-state index in [-0.39, 0.29) is 5.92 Å². The van der Waals surface area contributed by atoms with Crippen molar-refractivity contribution in [2.45, 2.75) is 40.9 Å². The van der Waals surface area contributed by atoms with Gasteiger partial charge in [0.1, 0.15) is 0 Å². The van der Waals surface area contributed by atoms with Gasteiger partial charge in [-0.15, -0.1) is 0 Å². The van der Waals surface area contributed by atoms with Gasteiger partial charge in [-0.05, 0) is 134 Å². The molecule has 1 aromatic heterocycles. The normalized spacial score (nSPS) is 15.0. The largest absolute Gasteiger partial charge is 0.309 e. The van der Waals surface area contributed by atoms with E-state index in [1.165, 1.54) is 87.2 Å². The van der Waals surface area contributed by atoms with Crippen LogP contribution in [0.25, 0.3) is 44.3 Å². The average Bonchev–Trinajstić information content (AvgIpc) is 4.00. The van der Waals surface area contributed by atoms with Crippen molar-refractivity contribution in [3.63, 3.8) is 0 Å². The molecule has 0 saturated heterocycles. The van der Waals surface area contributed by atoms with Crippen molar-refractivity contribution < 1.29 is 0 Å². The van der Waals surface area contributed by atoms with Gasteiger partial charge in [-0.2, -0.15) is 0 Å². The van der Waals surface area contributed by atoms with Gasteiger partial charge in [-0.3, -0.25) is 0 Å². The summed E-state index contributed by atoms with van der Waals surface area (Å²) in [5.41, 5.74) is 19.9. The van der Waals surface area contributed by atoms with E-state index in [4.69, 9.17) is 9.98 Å². The highest BCUT2D eigenvalue weighted by Gasteiger charge is 2.58. The highest BCUT2D eigenvalue weighted by Crippen LogP contribution is 2.67. The number of hydrogen-bond acceptors (Lipinski definition) is 2. The fourth-order valence-corrected chi connectivity index (χ4v) is 14.1. The molecule has 1 aliphatic heterocycles. The lowest BCUT2D eigenvalue weighted by molar-refractivity contribution is 0.605. The summed E-state index contributed by atoms with van der Waals surface area (Å²) in [5, 5.41) is 2.47. The molecule has 0 fully saturated rings. The predicted molar refractivity (Wildman–Crippen MR) is 309 cm³/mol. The molecule has 1 unspecified atom stereocenters. The first-order chi connectivity index (χ1) is 36.5. The Labute approximate surface area is 437 Å². The van der Waals surface area contributed by atoms with Crippen molar-refractivity contribution in [2.75, 3.05) is 0 Å². The van der Waals surface area contributed by atoms with Crippen molar-refractivity contribution in [1.29, 1.82) is 0 Å². The Kier molecular flexibility index (Phi) is 10.3. The van der Waals surface area contributed by atoms with Crippen LogP contribution in [-0.4, -0.2) is 16.1 Å². The van der Waals surface area contributed by atoms with Crippen LogP contribution in [0.15, 0.2) is 269 Å². The standard InChI is InChI=1S/C70H51N3S/c1-4-45(2)67(72-68(71-46(3)47-22-6-5-7-23-47)48-38-41-50(42-39-48)73-63-34-18-9-25-53(63)54-26-10-19-35-64(54)73)49-40-43-52-51-24-8-11-27-55(51)69(62(52)44-49)56-28-12-14-30-58(56)70(59-31-15-13-29-57(59)69)60-32-16-20-36-65(60)74-66-37-21-17-33-61(66)70/h5-45H,3-4H2,1-2H3. The van der Waals surface area contributed by atoms with Crippen LogP contribution in [0.3, 0.4) is 0 Å². The van der Waals surface area contributed by atoms with Gasteiger partial charge in [-0.25, -0.2) is 9.98 Å². The van der Waals surface area contributed by atoms with Gasteiger partial charge in [0, 0.05) is 31.8 Å². The number of rotatable bonds is 7. The van der Waals surface area contributed by atoms with Crippen molar-refractivity contribution in [2.24, 2.45) is 15.9 Å². The molecular weight excluding hydrogens is 915 g/mol. The van der Waals surface area contributed by atoms with E-state index >= 15 is 0 Å². The van der Waals surface area contributed by atoms with Crippen LogP contribution in [-0.2, 0) is 10.8 Å². The van der Waals surface area contributed by atoms with Gasteiger partial charge in [0.25, 0.3) is 0 Å². The smallest absolute Gasteiger partial charge is 0.160 e. The zero-order chi connectivity index (χ0) is 49.5. The summed E-state index contributed by atoms with van der Waals surface area (Å²) in [6.45, 7) is 9.10. The van der Waals surface area contributed by atoms with Crippen molar-refractivity contribution in [1.82, 2.24) is 4.57 Å². The molecule has 1 atom stereocenters. The maximum absolute atomic E-state index is 5.76. The second-order valence-corrected chi connectivity index (χ2v) is 21.0. The van der Waals surface area contributed by atoms with Gasteiger partial charge in [0.05, 0.1) is 33.3 Å². The Morgan fingerprint density at radius 2 is 0.905 bits per heavy atom. The van der Waals surface area contributed by atoms with Crippen molar-refractivity contribution in [3.8, 4) is 16.8 Å². The lowest BCUT2D eigenvalue weighted by Gasteiger charge is -2.51. The SMILES string of the molecule is C=C(N=C(N=C(c1ccc2c(c1)C1(c3ccccc3-2)c2ccccc2C2(c3ccccc3Sc3ccccc32)c2ccccc21)C(C)CC)c1ccc(-n2c3ccccc3c3ccccc32)cc1)c1ccccc1. The maximum atomic E-state index is 5.76. The molecule has 3 aliphatic rings. The van der Waals surface area contributed by atoms with E-state index in [0.29, 0.717) is 11.5 Å². The molecule has 2 aliphatic carbocycles. The van der Waals surface area contributed by atoms with Gasteiger partial charge in [0.15, 0.2) is 5.84 Å². The summed E-state index contributed by atoms with van der Waals surface area (Å²) in [4.78, 5) is 13.7. The molecule has 3 nitrogen and oxygen atoms in total. The minimum Gasteiger partial charge on any atom is -0.309 e. The Hall–Kier alpha value is -8.57. The Balaban J connectivity index is 0.986. The second kappa shape index (κ2) is 17.3. The van der Waals surface area contributed by atoms with E-state index in [9.17, 15) is 0 Å². The molecule has 0 saturated carbocycles. The summed E-state index contributed by atoms with van der Waals surface area (Å²) in [6.07, 6.45) is 0.895. The molecule has 0 N–H and O–H groups in total. The fraction of sp³-hybridized carbons (Fsp3) is 0.0857. The summed E-state index contributed by atoms with van der Waals surface area (Å²) in [7, 11) is 0. The van der Waals surface area contributed by atoms with Gasteiger partial charge >= 0.3 is 0 Å². The average molecular weight is 966 g/mol. The molecule has 2 spiro atoms. The quantitative estimate of drug-likeness (QED) is 0.116. The topological polar surface area (TPSA) is 29.6 Å². The van der Waals surface area contributed by atoms with E-state index < -0.39 is 10.8 Å². The minimum atomic E-state index is -0.628. The lowest BCUT2D eigenvalue weighted by atomic mass is 9.51. The summed E-state index contributed by atoms with van der Waals surface area (Å²) in [6, 6.07) is 89.5. The number of nitrogens with zero attached hydrogens (tertiary/aromatic N) is 3. The number of aliphatic imine (C=N–C) groups is 2. The van der Waals surface area contributed by atoms with Gasteiger partial charge in [-0.1, -0.05) is 220 Å². The molecule has 0 radical (unpaired) electrons. The van der Waals surface area contributed by atoms with Crippen LogP contribution in [0.4, 0.5) is 0 Å². The molecule has 0 bridgehead atoms. The molecule has 14 rings (SSSR count). The zero-order valence-corrected chi connectivity index (χ0v) is 42.2. The lowest BCUT2D eigenvalue weighted by Crippen LogP contribution is -2.45. The predicted octanol–water partition coefficient (Wildman–Crippen LogP) is 17.3. The third-order valence-electron chi connectivity index (χ3n) is 16.2. The second-order valence-electron chi connectivity index (χ2n) is 20.0. The highest BCUT2D eigenvalue weighted by atomic mass is 32.2. The third-order valence-corrected chi connectivity index (χ3v) is 17.4. The van der Waals surface area contributed by atoms with E-state index in [1.807, 2.05) is 30.0 Å². The van der Waals surface area contributed by atoms with Gasteiger partial charge in [0.2, 0.25) is 0 Å². The number of aromatic nitrogens is 1. The number of benzene rings is 10. The minimum absolute atomic E-state index is 0.0989. The van der Waals surface area contributed by atoms with Crippen LogP contribution in [0.5, 0.6) is 0 Å². The molecule has 352 valence electrons. The third kappa shape index (κ3) is 6.34.